The molecule has 0 radical (unpaired) electrons. The van der Waals surface area contributed by atoms with Gasteiger partial charge in [0.1, 0.15) is 9.84 Å². The summed E-state index contributed by atoms with van der Waals surface area (Å²) in [4.78, 5) is 2.13. The van der Waals surface area contributed by atoms with E-state index >= 15 is 0 Å². The minimum Gasteiger partial charge on any atom is -0.320 e. The Labute approximate surface area is 106 Å². The number of rotatable bonds is 2. The van der Waals surface area contributed by atoms with E-state index in [0.717, 1.165) is 0 Å². The monoisotopic (exact) mass is 282 g/mol. The second kappa shape index (κ2) is 5.02. The molecule has 0 saturated carbocycles. The first kappa shape index (κ1) is 14.1. The van der Waals surface area contributed by atoms with Gasteiger partial charge in [0.15, 0.2) is 0 Å². The summed E-state index contributed by atoms with van der Waals surface area (Å²) in [7, 11) is -2.86. The summed E-state index contributed by atoms with van der Waals surface area (Å²) in [6, 6.07) is 0.218. The Morgan fingerprint density at radius 3 is 2.11 bits per heavy atom. The van der Waals surface area contributed by atoms with E-state index in [-0.39, 0.29) is 30.4 Å². The third-order valence-electron chi connectivity index (χ3n) is 4.20. The maximum atomic E-state index is 12.8. The fraction of sp³-hybridized carbons (Fsp3) is 1.00. The third kappa shape index (κ3) is 3.00. The molecule has 0 atom stereocenters. The summed E-state index contributed by atoms with van der Waals surface area (Å²) in [5.74, 6) is 0.438. The third-order valence-corrected chi connectivity index (χ3v) is 5.92. The molecule has 0 spiro atoms. The number of likely N-dealkylation sites (tertiary alicyclic amines) is 1. The normalized spacial score (nSPS) is 29.6. The summed E-state index contributed by atoms with van der Waals surface area (Å²) in [6.07, 6.45) is -0.670. The highest BCUT2D eigenvalue weighted by Gasteiger charge is 2.40. The molecule has 0 bridgehead atoms. The van der Waals surface area contributed by atoms with E-state index in [1.165, 1.54) is 0 Å². The number of nitrogens with two attached hydrogens (primary N) is 1. The number of hydrogen-bond acceptors (Lipinski definition) is 4. The van der Waals surface area contributed by atoms with E-state index in [9.17, 15) is 17.2 Å². The predicted octanol–water partition coefficient (Wildman–Crippen LogP) is 0.622. The van der Waals surface area contributed by atoms with Crippen molar-refractivity contribution < 1.29 is 17.2 Å². The highest BCUT2D eigenvalue weighted by Crippen LogP contribution is 2.29. The van der Waals surface area contributed by atoms with Crippen molar-refractivity contribution in [3.63, 3.8) is 0 Å². The molecule has 0 unspecified atom stereocenters. The number of halogens is 2. The van der Waals surface area contributed by atoms with Crippen molar-refractivity contribution in [3.05, 3.63) is 0 Å². The van der Waals surface area contributed by atoms with Crippen LogP contribution in [-0.2, 0) is 9.84 Å². The van der Waals surface area contributed by atoms with Gasteiger partial charge in [0, 0.05) is 19.1 Å². The van der Waals surface area contributed by atoms with Crippen LogP contribution in [0.1, 0.15) is 25.7 Å². The molecular formula is C11H20F2N2O2S. The molecule has 106 valence electrons. The predicted molar refractivity (Wildman–Crippen MR) is 65.4 cm³/mol. The number of alkyl halides is 2. The lowest BCUT2D eigenvalue weighted by Crippen LogP contribution is -2.57. The lowest BCUT2D eigenvalue weighted by atomic mass is 9.88. The fourth-order valence-corrected chi connectivity index (χ4v) is 4.23. The van der Waals surface area contributed by atoms with Gasteiger partial charge in [-0.25, -0.2) is 17.2 Å². The van der Waals surface area contributed by atoms with Crippen LogP contribution >= 0.6 is 0 Å². The van der Waals surface area contributed by atoms with Crippen molar-refractivity contribution in [1.82, 2.24) is 4.90 Å². The molecule has 0 aliphatic carbocycles. The molecule has 2 heterocycles. The first-order valence-electron chi connectivity index (χ1n) is 6.34. The maximum Gasteiger partial charge on any atom is 0.256 e. The fourth-order valence-electron chi connectivity index (χ4n) is 2.77. The average Bonchev–Trinajstić information content (AvgIpc) is 2.30. The summed E-state index contributed by atoms with van der Waals surface area (Å²) >= 11 is 0. The molecule has 0 aromatic heterocycles. The Balaban J connectivity index is 1.87. The SMILES string of the molecule is NC1(C(F)F)CCN(C2CCS(=O)(=O)CC2)CC1. The molecule has 18 heavy (non-hydrogen) atoms. The summed E-state index contributed by atoms with van der Waals surface area (Å²) in [5.41, 5.74) is 4.31. The van der Waals surface area contributed by atoms with Crippen molar-refractivity contribution in [3.8, 4) is 0 Å². The van der Waals surface area contributed by atoms with Crippen LogP contribution < -0.4 is 5.73 Å². The largest absolute Gasteiger partial charge is 0.320 e. The van der Waals surface area contributed by atoms with Crippen molar-refractivity contribution in [2.45, 2.75) is 43.7 Å². The Hall–Kier alpha value is -0.270. The zero-order valence-corrected chi connectivity index (χ0v) is 11.1. The minimum absolute atomic E-state index is 0.218. The molecule has 7 heteroatoms. The number of piperidine rings is 1. The summed E-state index contributed by atoms with van der Waals surface area (Å²) < 4.78 is 48.2. The minimum atomic E-state index is -2.86. The van der Waals surface area contributed by atoms with Crippen LogP contribution in [-0.4, -0.2) is 55.9 Å². The van der Waals surface area contributed by atoms with Gasteiger partial charge in [-0.3, -0.25) is 0 Å². The Bertz CT molecular complexity index is 378. The molecule has 2 N–H and O–H groups in total. The molecule has 0 aromatic rings. The van der Waals surface area contributed by atoms with Gasteiger partial charge in [0.2, 0.25) is 0 Å². The highest BCUT2D eigenvalue weighted by molar-refractivity contribution is 7.91. The lowest BCUT2D eigenvalue weighted by Gasteiger charge is -2.43. The molecular weight excluding hydrogens is 262 g/mol. The van der Waals surface area contributed by atoms with Crippen LogP contribution in [0.5, 0.6) is 0 Å². The standard InChI is InChI=1S/C11H20F2N2O2S/c12-10(13)11(14)3-5-15(6-4-11)9-1-7-18(16,17)8-2-9/h9-10H,1-8,14H2. The Kier molecular flexibility index (Phi) is 3.94. The van der Waals surface area contributed by atoms with Crippen molar-refractivity contribution in [2.24, 2.45) is 5.73 Å². The Morgan fingerprint density at radius 1 is 1.17 bits per heavy atom. The smallest absolute Gasteiger partial charge is 0.256 e. The van der Waals surface area contributed by atoms with Gasteiger partial charge in [0.25, 0.3) is 6.43 Å². The van der Waals surface area contributed by atoms with Crippen LogP contribution in [0, 0.1) is 0 Å². The van der Waals surface area contributed by atoms with Gasteiger partial charge in [-0.1, -0.05) is 0 Å². The topological polar surface area (TPSA) is 63.4 Å². The van der Waals surface area contributed by atoms with Crippen LogP contribution in [0.25, 0.3) is 0 Å². The highest BCUT2D eigenvalue weighted by atomic mass is 32.2. The van der Waals surface area contributed by atoms with Gasteiger partial charge < -0.3 is 10.6 Å². The van der Waals surface area contributed by atoms with Gasteiger partial charge in [-0.2, -0.15) is 0 Å². The van der Waals surface area contributed by atoms with Crippen LogP contribution in [0.2, 0.25) is 0 Å². The second-order valence-electron chi connectivity index (χ2n) is 5.45. The van der Waals surface area contributed by atoms with Crippen LogP contribution in [0.15, 0.2) is 0 Å². The van der Waals surface area contributed by atoms with E-state index in [1.54, 1.807) is 0 Å². The number of hydrogen-bond donors (Lipinski definition) is 1. The van der Waals surface area contributed by atoms with E-state index in [1.807, 2.05) is 0 Å². The van der Waals surface area contributed by atoms with Gasteiger partial charge in [0.05, 0.1) is 17.0 Å². The summed E-state index contributed by atoms with van der Waals surface area (Å²) in [6.45, 7) is 1.09. The molecule has 2 aliphatic heterocycles. The van der Waals surface area contributed by atoms with Crippen molar-refractivity contribution in [2.75, 3.05) is 24.6 Å². The molecule has 4 nitrogen and oxygen atoms in total. The first-order valence-corrected chi connectivity index (χ1v) is 8.16. The van der Waals surface area contributed by atoms with E-state index in [2.05, 4.69) is 4.90 Å². The second-order valence-corrected chi connectivity index (χ2v) is 7.76. The van der Waals surface area contributed by atoms with E-state index < -0.39 is 21.8 Å². The number of sulfone groups is 1. The first-order chi connectivity index (χ1) is 8.32. The lowest BCUT2D eigenvalue weighted by molar-refractivity contribution is 0.00172. The van der Waals surface area contributed by atoms with Crippen molar-refractivity contribution in [1.29, 1.82) is 0 Å². The van der Waals surface area contributed by atoms with E-state index in [0.29, 0.717) is 25.9 Å². The van der Waals surface area contributed by atoms with Crippen LogP contribution in [0.3, 0.4) is 0 Å². The zero-order valence-electron chi connectivity index (χ0n) is 10.3. The zero-order chi connectivity index (χ0) is 13.4. The van der Waals surface area contributed by atoms with E-state index in [4.69, 9.17) is 5.73 Å². The molecule has 2 saturated heterocycles. The van der Waals surface area contributed by atoms with Gasteiger partial charge >= 0.3 is 0 Å². The number of nitrogens with zero attached hydrogens (tertiary/aromatic N) is 1. The molecule has 2 rings (SSSR count). The van der Waals surface area contributed by atoms with Crippen molar-refractivity contribution >= 4 is 9.84 Å². The quantitative estimate of drug-likeness (QED) is 0.806. The maximum absolute atomic E-state index is 12.8. The summed E-state index contributed by atoms with van der Waals surface area (Å²) in [5, 5.41) is 0. The molecule has 0 aromatic carbocycles. The van der Waals surface area contributed by atoms with Gasteiger partial charge in [-0.05, 0) is 25.7 Å². The molecule has 2 aliphatic rings. The Morgan fingerprint density at radius 2 is 1.67 bits per heavy atom. The average molecular weight is 282 g/mol. The molecule has 0 amide bonds. The molecule has 2 fully saturated rings. The van der Waals surface area contributed by atoms with Crippen LogP contribution in [0.4, 0.5) is 8.78 Å². The van der Waals surface area contributed by atoms with Gasteiger partial charge in [-0.15, -0.1) is 0 Å².